The van der Waals surface area contributed by atoms with Crippen LogP contribution in [-0.4, -0.2) is 68.6 Å². The molecule has 0 bridgehead atoms. The van der Waals surface area contributed by atoms with E-state index in [1.807, 2.05) is 36.1 Å². The summed E-state index contributed by atoms with van der Waals surface area (Å²) in [6, 6.07) is 7.71. The van der Waals surface area contributed by atoms with E-state index in [9.17, 15) is 4.79 Å². The molecule has 3 aromatic rings. The van der Waals surface area contributed by atoms with Crippen molar-refractivity contribution in [3.05, 3.63) is 30.6 Å². The number of aromatic nitrogens is 5. The molecule has 2 aliphatic rings. The fourth-order valence-corrected chi connectivity index (χ4v) is 4.94. The molecule has 1 aliphatic heterocycles. The summed E-state index contributed by atoms with van der Waals surface area (Å²) in [7, 11) is 0. The van der Waals surface area contributed by atoms with Crippen LogP contribution in [0.15, 0.2) is 30.6 Å². The number of amides is 1. The number of fused-ring (bicyclic) bond motifs is 1. The molecule has 0 N–H and O–H groups in total. The lowest BCUT2D eigenvalue weighted by Gasteiger charge is -2.35. The number of carbonyl (C=O) groups is 1. The molecule has 0 atom stereocenters. The molecule has 9 heteroatoms. The number of anilines is 1. The molecule has 2 aromatic heterocycles. The molecule has 3 heterocycles. The summed E-state index contributed by atoms with van der Waals surface area (Å²) < 4.78 is 7.25. The minimum Gasteiger partial charge on any atom is -0.494 e. The lowest BCUT2D eigenvalue weighted by Crippen LogP contribution is -2.49. The molecule has 5 rings (SSSR count). The summed E-state index contributed by atoms with van der Waals surface area (Å²) in [6.45, 7) is 5.48. The average Bonchev–Trinajstić information content (AvgIpc) is 3.53. The van der Waals surface area contributed by atoms with Gasteiger partial charge in [0, 0.05) is 32.6 Å². The van der Waals surface area contributed by atoms with E-state index in [1.165, 1.54) is 25.7 Å². The maximum atomic E-state index is 12.7. The van der Waals surface area contributed by atoms with E-state index in [0.29, 0.717) is 37.3 Å². The molecule has 0 unspecified atom stereocenters. The number of hydrogen-bond donors (Lipinski definition) is 0. The Morgan fingerprint density at radius 1 is 1.06 bits per heavy atom. The molecule has 0 radical (unpaired) electrons. The van der Waals surface area contributed by atoms with Crippen molar-refractivity contribution < 1.29 is 9.53 Å². The molecule has 9 nitrogen and oxygen atoms in total. The maximum Gasteiger partial charge on any atom is 0.222 e. The van der Waals surface area contributed by atoms with E-state index in [2.05, 4.69) is 25.2 Å². The van der Waals surface area contributed by atoms with Crippen LogP contribution in [0.25, 0.3) is 16.9 Å². The third-order valence-corrected chi connectivity index (χ3v) is 6.78. The number of piperazine rings is 1. The Morgan fingerprint density at radius 3 is 2.55 bits per heavy atom. The fourth-order valence-electron chi connectivity index (χ4n) is 4.94. The van der Waals surface area contributed by atoms with Gasteiger partial charge in [0.2, 0.25) is 5.91 Å². The van der Waals surface area contributed by atoms with E-state index < -0.39 is 0 Å². The Kier molecular flexibility index (Phi) is 6.37. The van der Waals surface area contributed by atoms with E-state index in [4.69, 9.17) is 4.74 Å². The molecule has 1 aromatic carbocycles. The molecule has 1 aliphatic carbocycles. The van der Waals surface area contributed by atoms with E-state index in [-0.39, 0.29) is 5.91 Å². The Hall–Kier alpha value is -3.23. The smallest absolute Gasteiger partial charge is 0.222 e. The zero-order valence-corrected chi connectivity index (χ0v) is 19.2. The van der Waals surface area contributed by atoms with E-state index >= 15 is 0 Å². The van der Waals surface area contributed by atoms with Gasteiger partial charge < -0.3 is 14.5 Å². The standard InChI is InChI=1S/C24H31N7O2/c1-2-33-20-10-8-19(9-11-20)31-24-22(27-28-31)23(25-17-26-24)30-15-13-29(14-16-30)21(32)12-7-18-5-3-4-6-18/h8-11,17-18H,2-7,12-16H2,1H3. The number of ether oxygens (including phenoxy) is 1. The Bertz CT molecular complexity index is 1080. The van der Waals surface area contributed by atoms with Gasteiger partial charge in [-0.15, -0.1) is 5.10 Å². The van der Waals surface area contributed by atoms with E-state index in [0.717, 1.165) is 42.7 Å². The Morgan fingerprint density at radius 2 is 1.82 bits per heavy atom. The third kappa shape index (κ3) is 4.62. The van der Waals surface area contributed by atoms with Crippen molar-refractivity contribution in [3.8, 4) is 11.4 Å². The van der Waals surface area contributed by atoms with Crippen molar-refractivity contribution in [1.82, 2.24) is 29.9 Å². The second-order valence-electron chi connectivity index (χ2n) is 8.85. The first-order valence-electron chi connectivity index (χ1n) is 12.1. The van der Waals surface area contributed by atoms with Crippen LogP contribution in [0.4, 0.5) is 5.82 Å². The topological polar surface area (TPSA) is 89.3 Å². The second kappa shape index (κ2) is 9.72. The highest BCUT2D eigenvalue weighted by Crippen LogP contribution is 2.29. The SMILES string of the molecule is CCOc1ccc(-n2nnc3c(N4CCN(C(=O)CCC5CCCC5)CC4)ncnc32)cc1. The number of carbonyl (C=O) groups excluding carboxylic acids is 1. The molecule has 174 valence electrons. The molecular weight excluding hydrogens is 418 g/mol. The van der Waals surface area contributed by atoms with Crippen molar-refractivity contribution in [2.24, 2.45) is 5.92 Å². The average molecular weight is 450 g/mol. The number of nitrogens with zero attached hydrogens (tertiary/aromatic N) is 7. The summed E-state index contributed by atoms with van der Waals surface area (Å²) in [4.78, 5) is 25.8. The van der Waals surface area contributed by atoms with Gasteiger partial charge in [-0.25, -0.2) is 9.97 Å². The highest BCUT2D eigenvalue weighted by Gasteiger charge is 2.25. The first-order chi connectivity index (χ1) is 16.2. The monoisotopic (exact) mass is 449 g/mol. The van der Waals surface area contributed by atoms with Crippen LogP contribution in [0, 0.1) is 5.92 Å². The van der Waals surface area contributed by atoms with Crippen LogP contribution in [0.3, 0.4) is 0 Å². The first-order valence-corrected chi connectivity index (χ1v) is 12.1. The summed E-state index contributed by atoms with van der Waals surface area (Å²) in [5, 5.41) is 8.73. The predicted octanol–water partition coefficient (Wildman–Crippen LogP) is 3.23. The van der Waals surface area contributed by atoms with Crippen LogP contribution in [0.1, 0.15) is 45.4 Å². The lowest BCUT2D eigenvalue weighted by atomic mass is 10.0. The largest absolute Gasteiger partial charge is 0.494 e. The van der Waals surface area contributed by atoms with Crippen LogP contribution < -0.4 is 9.64 Å². The zero-order chi connectivity index (χ0) is 22.6. The molecule has 33 heavy (non-hydrogen) atoms. The van der Waals surface area contributed by atoms with Gasteiger partial charge in [-0.3, -0.25) is 4.79 Å². The summed E-state index contributed by atoms with van der Waals surface area (Å²) in [6.07, 6.45) is 8.52. The third-order valence-electron chi connectivity index (χ3n) is 6.78. The van der Waals surface area contributed by atoms with Crippen molar-refractivity contribution >= 4 is 22.9 Å². The predicted molar refractivity (Wildman–Crippen MR) is 126 cm³/mol. The minimum absolute atomic E-state index is 0.288. The molecule has 2 fully saturated rings. The molecule has 1 saturated heterocycles. The number of benzene rings is 1. The summed E-state index contributed by atoms with van der Waals surface area (Å²) >= 11 is 0. The summed E-state index contributed by atoms with van der Waals surface area (Å²) in [5.74, 6) is 2.63. The quantitative estimate of drug-likeness (QED) is 0.547. The van der Waals surface area contributed by atoms with Crippen LogP contribution in [0.2, 0.25) is 0 Å². The van der Waals surface area contributed by atoms with Crippen LogP contribution in [0.5, 0.6) is 5.75 Å². The lowest BCUT2D eigenvalue weighted by molar-refractivity contribution is -0.131. The number of hydrogen-bond acceptors (Lipinski definition) is 7. The summed E-state index contributed by atoms with van der Waals surface area (Å²) in [5.41, 5.74) is 2.20. The van der Waals surface area contributed by atoms with Gasteiger partial charge in [0.25, 0.3) is 0 Å². The minimum atomic E-state index is 0.288. The van der Waals surface area contributed by atoms with Crippen molar-refractivity contribution in [3.63, 3.8) is 0 Å². The molecule has 1 amide bonds. The highest BCUT2D eigenvalue weighted by molar-refractivity contribution is 5.84. The van der Waals surface area contributed by atoms with Gasteiger partial charge in [0.05, 0.1) is 12.3 Å². The zero-order valence-electron chi connectivity index (χ0n) is 19.2. The molecular formula is C24H31N7O2. The Labute approximate surface area is 193 Å². The highest BCUT2D eigenvalue weighted by atomic mass is 16.5. The fraction of sp³-hybridized carbons (Fsp3) is 0.542. The van der Waals surface area contributed by atoms with Gasteiger partial charge in [-0.1, -0.05) is 30.9 Å². The van der Waals surface area contributed by atoms with Crippen molar-refractivity contribution in [2.75, 3.05) is 37.7 Å². The van der Waals surface area contributed by atoms with Crippen molar-refractivity contribution in [1.29, 1.82) is 0 Å². The van der Waals surface area contributed by atoms with Gasteiger partial charge in [0.1, 0.15) is 12.1 Å². The maximum absolute atomic E-state index is 12.7. The normalized spacial score (nSPS) is 17.1. The van der Waals surface area contributed by atoms with Crippen LogP contribution in [-0.2, 0) is 4.79 Å². The van der Waals surface area contributed by atoms with Gasteiger partial charge in [-0.05, 0) is 43.5 Å². The van der Waals surface area contributed by atoms with Gasteiger partial charge in [0.15, 0.2) is 17.0 Å². The van der Waals surface area contributed by atoms with Gasteiger partial charge >= 0.3 is 0 Å². The second-order valence-corrected chi connectivity index (χ2v) is 8.85. The Balaban J connectivity index is 1.25. The molecule has 1 saturated carbocycles. The van der Waals surface area contributed by atoms with Gasteiger partial charge in [-0.2, -0.15) is 4.68 Å². The number of rotatable bonds is 7. The van der Waals surface area contributed by atoms with Crippen molar-refractivity contribution in [2.45, 2.75) is 45.4 Å². The first kappa shape index (κ1) is 21.6. The van der Waals surface area contributed by atoms with Crippen LogP contribution >= 0.6 is 0 Å². The van der Waals surface area contributed by atoms with E-state index in [1.54, 1.807) is 11.0 Å². The molecule has 0 spiro atoms.